The van der Waals surface area contributed by atoms with Crippen LogP contribution in [0.4, 0.5) is 0 Å². The van der Waals surface area contributed by atoms with Crippen molar-refractivity contribution in [3.8, 4) is 0 Å². The van der Waals surface area contributed by atoms with E-state index in [1.165, 1.54) is 19.3 Å². The molecule has 0 bridgehead atoms. The molecule has 10 atom stereocenters. The molecular formula is C29H48O3. The van der Waals surface area contributed by atoms with E-state index in [1.807, 2.05) is 0 Å². The Balaban J connectivity index is 1.53. The van der Waals surface area contributed by atoms with Gasteiger partial charge in [-0.05, 0) is 103 Å². The van der Waals surface area contributed by atoms with Crippen molar-refractivity contribution < 1.29 is 15.3 Å². The topological polar surface area (TPSA) is 60.7 Å². The summed E-state index contributed by atoms with van der Waals surface area (Å²) in [6.45, 7) is 14.5. The van der Waals surface area contributed by atoms with Crippen LogP contribution in [0.1, 0.15) is 99.3 Å². The first-order valence-corrected chi connectivity index (χ1v) is 13.5. The Morgan fingerprint density at radius 2 is 1.41 bits per heavy atom. The molecule has 0 aromatic heterocycles. The molecule has 0 amide bonds. The molecule has 5 aliphatic rings. The van der Waals surface area contributed by atoms with Crippen LogP contribution in [0.3, 0.4) is 0 Å². The fourth-order valence-electron chi connectivity index (χ4n) is 10.8. The summed E-state index contributed by atoms with van der Waals surface area (Å²) in [7, 11) is 0. The second-order valence-electron chi connectivity index (χ2n) is 14.2. The highest BCUT2D eigenvalue weighted by atomic mass is 16.3. The lowest BCUT2D eigenvalue weighted by Gasteiger charge is -2.69. The van der Waals surface area contributed by atoms with Crippen molar-refractivity contribution in [1.29, 1.82) is 0 Å². The van der Waals surface area contributed by atoms with Crippen LogP contribution in [0.25, 0.3) is 0 Å². The number of allylic oxidation sites excluding steroid dienone is 2. The Morgan fingerprint density at radius 3 is 2.09 bits per heavy atom. The number of hydrogen-bond acceptors (Lipinski definition) is 3. The average molecular weight is 445 g/mol. The zero-order chi connectivity index (χ0) is 23.3. The van der Waals surface area contributed by atoms with Crippen LogP contribution in [0.15, 0.2) is 11.6 Å². The van der Waals surface area contributed by atoms with E-state index in [-0.39, 0.29) is 40.5 Å². The van der Waals surface area contributed by atoms with E-state index in [9.17, 15) is 15.3 Å². The summed E-state index contributed by atoms with van der Waals surface area (Å²) in [6.07, 6.45) is 12.0. The van der Waals surface area contributed by atoms with Gasteiger partial charge in [0.25, 0.3) is 0 Å². The zero-order valence-electron chi connectivity index (χ0n) is 21.5. The van der Waals surface area contributed by atoms with Crippen molar-refractivity contribution in [3.63, 3.8) is 0 Å². The number of rotatable bonds is 1. The lowest BCUT2D eigenvalue weighted by atomic mass is 9.36. The molecule has 5 rings (SSSR count). The van der Waals surface area contributed by atoms with Crippen molar-refractivity contribution in [2.24, 2.45) is 50.7 Å². The molecule has 4 fully saturated rings. The number of aliphatic hydroxyl groups is 3. The Kier molecular flexibility index (Phi) is 5.17. The number of hydrogen-bond donors (Lipinski definition) is 3. The first-order valence-electron chi connectivity index (χ1n) is 13.5. The van der Waals surface area contributed by atoms with Gasteiger partial charge in [0, 0.05) is 5.41 Å². The standard InChI is InChI=1S/C29H48O3/c1-25(2)20-9-7-19-18(26(20,3)15-12-23(25)31)8-10-21-27(19,4)14-11-22-28(21,5)16-13-24(32)29(22,6)17-30/h7,18,20-24,30-32H,8-17H2,1-6H3/t18-,20-,21-,22-,23+,24-,26+,27+,28-,29-/m0/s1. The van der Waals surface area contributed by atoms with Gasteiger partial charge in [-0.2, -0.15) is 0 Å². The van der Waals surface area contributed by atoms with E-state index < -0.39 is 0 Å². The lowest BCUT2D eigenvalue weighted by Crippen LogP contribution is -2.63. The minimum Gasteiger partial charge on any atom is -0.396 e. The normalized spacial score (nSPS) is 56.8. The van der Waals surface area contributed by atoms with Crippen molar-refractivity contribution in [3.05, 3.63) is 11.6 Å². The van der Waals surface area contributed by atoms with Crippen molar-refractivity contribution >= 4 is 0 Å². The summed E-state index contributed by atoms with van der Waals surface area (Å²) >= 11 is 0. The lowest BCUT2D eigenvalue weighted by molar-refractivity contribution is -0.197. The minimum absolute atomic E-state index is 0.0150. The van der Waals surface area contributed by atoms with E-state index in [0.717, 1.165) is 38.5 Å². The molecule has 0 saturated heterocycles. The van der Waals surface area contributed by atoms with Crippen LogP contribution < -0.4 is 0 Å². The zero-order valence-corrected chi connectivity index (χ0v) is 21.5. The van der Waals surface area contributed by atoms with Crippen LogP contribution in [-0.2, 0) is 0 Å². The fourth-order valence-corrected chi connectivity index (χ4v) is 10.8. The SMILES string of the molecule is CC1(C)[C@H](O)CC[C@]2(C)[C@H]3CC[C@@H]4[C@]5(C)CC[C@H](O)[C@@](C)(CO)[C@H]5CC[C@]4(C)C3=CC[C@@H]12. The van der Waals surface area contributed by atoms with Gasteiger partial charge in [-0.1, -0.05) is 53.2 Å². The predicted octanol–water partition coefficient (Wildman–Crippen LogP) is 5.72. The highest BCUT2D eigenvalue weighted by Gasteiger charge is 2.66. The summed E-state index contributed by atoms with van der Waals surface area (Å²) in [5.74, 6) is 2.24. The van der Waals surface area contributed by atoms with Crippen molar-refractivity contribution in [1.82, 2.24) is 0 Å². The smallest absolute Gasteiger partial charge is 0.0618 e. The third kappa shape index (κ3) is 2.71. The molecule has 5 aliphatic carbocycles. The maximum Gasteiger partial charge on any atom is 0.0618 e. The third-order valence-corrected chi connectivity index (χ3v) is 12.8. The van der Waals surface area contributed by atoms with Gasteiger partial charge in [0.2, 0.25) is 0 Å². The van der Waals surface area contributed by atoms with Gasteiger partial charge >= 0.3 is 0 Å². The molecule has 0 spiro atoms. The third-order valence-electron chi connectivity index (χ3n) is 12.8. The molecule has 0 aromatic rings. The van der Waals surface area contributed by atoms with Crippen LogP contribution in [0.5, 0.6) is 0 Å². The Labute approximate surface area is 196 Å². The highest BCUT2D eigenvalue weighted by molar-refractivity contribution is 5.32. The van der Waals surface area contributed by atoms with Gasteiger partial charge < -0.3 is 15.3 Å². The van der Waals surface area contributed by atoms with Gasteiger partial charge in [0.1, 0.15) is 0 Å². The first kappa shape index (κ1) is 23.4. The number of aliphatic hydroxyl groups excluding tert-OH is 3. The van der Waals surface area contributed by atoms with E-state index in [2.05, 4.69) is 47.6 Å². The van der Waals surface area contributed by atoms with Gasteiger partial charge in [-0.25, -0.2) is 0 Å². The highest BCUT2D eigenvalue weighted by Crippen LogP contribution is 2.73. The minimum atomic E-state index is -0.379. The van der Waals surface area contributed by atoms with Gasteiger partial charge in [-0.3, -0.25) is 0 Å². The van der Waals surface area contributed by atoms with E-state index >= 15 is 0 Å². The molecule has 0 aromatic carbocycles. The maximum atomic E-state index is 10.9. The van der Waals surface area contributed by atoms with Gasteiger partial charge in [0.05, 0.1) is 18.8 Å². The molecule has 4 saturated carbocycles. The molecule has 0 aliphatic heterocycles. The predicted molar refractivity (Wildman–Crippen MR) is 129 cm³/mol. The van der Waals surface area contributed by atoms with Crippen LogP contribution >= 0.6 is 0 Å². The molecular weight excluding hydrogens is 396 g/mol. The summed E-state index contributed by atoms with van der Waals surface area (Å²) in [6, 6.07) is 0. The first-order chi connectivity index (χ1) is 14.9. The molecule has 32 heavy (non-hydrogen) atoms. The number of fused-ring (bicyclic) bond motifs is 7. The summed E-state index contributed by atoms with van der Waals surface area (Å²) in [4.78, 5) is 0. The molecule has 0 heterocycles. The maximum absolute atomic E-state index is 10.9. The second-order valence-corrected chi connectivity index (χ2v) is 14.2. The average Bonchev–Trinajstić information content (AvgIpc) is 2.74. The van der Waals surface area contributed by atoms with E-state index in [4.69, 9.17) is 0 Å². The summed E-state index contributed by atoms with van der Waals surface area (Å²) in [5.41, 5.74) is 2.08. The molecule has 3 nitrogen and oxygen atoms in total. The van der Waals surface area contributed by atoms with Crippen LogP contribution in [0.2, 0.25) is 0 Å². The molecule has 182 valence electrons. The quantitative estimate of drug-likeness (QED) is 0.453. The largest absolute Gasteiger partial charge is 0.396 e. The second kappa shape index (κ2) is 7.08. The van der Waals surface area contributed by atoms with Gasteiger partial charge in [-0.15, -0.1) is 0 Å². The van der Waals surface area contributed by atoms with E-state index in [1.54, 1.807) is 5.57 Å². The molecule has 3 heteroatoms. The van der Waals surface area contributed by atoms with Crippen LogP contribution in [0, 0.1) is 50.7 Å². The Hall–Kier alpha value is -0.380. The Bertz CT molecular complexity index is 802. The van der Waals surface area contributed by atoms with Crippen LogP contribution in [-0.4, -0.2) is 34.1 Å². The Morgan fingerprint density at radius 1 is 0.750 bits per heavy atom. The molecule has 0 radical (unpaired) electrons. The van der Waals surface area contributed by atoms with Crippen molar-refractivity contribution in [2.45, 2.75) is 112 Å². The fraction of sp³-hybridized carbons (Fsp3) is 0.931. The monoisotopic (exact) mass is 444 g/mol. The van der Waals surface area contributed by atoms with Gasteiger partial charge in [0.15, 0.2) is 0 Å². The van der Waals surface area contributed by atoms with Crippen molar-refractivity contribution in [2.75, 3.05) is 6.61 Å². The summed E-state index contributed by atoms with van der Waals surface area (Å²) in [5, 5.41) is 32.1. The molecule has 3 N–H and O–H groups in total. The molecule has 0 unspecified atom stereocenters. The van der Waals surface area contributed by atoms with E-state index in [0.29, 0.717) is 29.1 Å². The summed E-state index contributed by atoms with van der Waals surface area (Å²) < 4.78 is 0.